The Morgan fingerprint density at radius 2 is 2.55 bits per heavy atom. The monoisotopic (exact) mass is 171 g/mol. The largest absolute Gasteiger partial charge is 0.414 e. The number of carbonyl (C=O) groups is 1. The third-order valence-electron chi connectivity index (χ3n) is 1.07. The van der Waals surface area contributed by atoms with E-state index in [4.69, 9.17) is 10.5 Å². The number of hydrogen-bond donors (Lipinski definition) is 1. The van der Waals surface area contributed by atoms with Gasteiger partial charge in [-0.1, -0.05) is 0 Å². The lowest BCUT2D eigenvalue weighted by Crippen LogP contribution is -2.30. The molecule has 0 fully saturated rings. The molecule has 1 heterocycles. The molecule has 0 aromatic carbocycles. The Labute approximate surface area is 68.8 Å². The minimum atomic E-state index is -0.558. The highest BCUT2D eigenvalue weighted by atomic mass is 32.1. The van der Waals surface area contributed by atoms with E-state index in [1.165, 1.54) is 11.3 Å². The van der Waals surface area contributed by atoms with Crippen LogP contribution in [0.5, 0.6) is 5.06 Å². The molecule has 2 N–H and O–H groups in total. The zero-order chi connectivity index (χ0) is 8.27. The Bertz CT molecular complexity index is 231. The van der Waals surface area contributed by atoms with Crippen LogP contribution >= 0.6 is 11.3 Å². The van der Waals surface area contributed by atoms with Crippen molar-refractivity contribution in [2.24, 2.45) is 5.73 Å². The van der Waals surface area contributed by atoms with E-state index in [-0.39, 0.29) is 0 Å². The average molecular weight is 171 g/mol. The van der Waals surface area contributed by atoms with Gasteiger partial charge < -0.3 is 10.5 Å². The van der Waals surface area contributed by atoms with Gasteiger partial charge in [0, 0.05) is 0 Å². The molecule has 0 aliphatic heterocycles. The molecule has 1 atom stereocenters. The van der Waals surface area contributed by atoms with Gasteiger partial charge in [0.1, 0.15) is 6.04 Å². The SMILES string of the molecule is CC(N)C(=O)Oc1cccs1. The zero-order valence-electron chi connectivity index (χ0n) is 6.11. The second-order valence-electron chi connectivity index (χ2n) is 2.14. The van der Waals surface area contributed by atoms with Crippen LogP contribution in [-0.2, 0) is 4.79 Å². The topological polar surface area (TPSA) is 52.3 Å². The highest BCUT2D eigenvalue weighted by Crippen LogP contribution is 2.18. The molecule has 1 aromatic heterocycles. The van der Waals surface area contributed by atoms with Gasteiger partial charge in [0.15, 0.2) is 5.06 Å². The Morgan fingerprint density at radius 1 is 1.82 bits per heavy atom. The summed E-state index contributed by atoms with van der Waals surface area (Å²) >= 11 is 1.37. The second-order valence-corrected chi connectivity index (χ2v) is 3.05. The molecule has 1 unspecified atom stereocenters. The quantitative estimate of drug-likeness (QED) is 0.675. The van der Waals surface area contributed by atoms with Gasteiger partial charge in [0.25, 0.3) is 0 Å². The maximum absolute atomic E-state index is 10.9. The maximum Gasteiger partial charge on any atom is 0.328 e. The van der Waals surface area contributed by atoms with E-state index < -0.39 is 12.0 Å². The summed E-state index contributed by atoms with van der Waals surface area (Å²) in [6, 6.07) is 2.98. The van der Waals surface area contributed by atoms with E-state index in [1.54, 1.807) is 13.0 Å². The first kappa shape index (κ1) is 8.23. The summed E-state index contributed by atoms with van der Waals surface area (Å²) in [5.41, 5.74) is 5.28. The molecule has 0 saturated carbocycles. The van der Waals surface area contributed by atoms with Gasteiger partial charge >= 0.3 is 5.97 Å². The number of rotatable bonds is 2. The first-order valence-corrected chi connectivity index (χ1v) is 4.09. The van der Waals surface area contributed by atoms with Gasteiger partial charge in [-0.25, -0.2) is 4.79 Å². The van der Waals surface area contributed by atoms with E-state index in [2.05, 4.69) is 0 Å². The summed E-state index contributed by atoms with van der Waals surface area (Å²) < 4.78 is 4.87. The van der Waals surface area contributed by atoms with Crippen LogP contribution < -0.4 is 10.5 Å². The first-order chi connectivity index (χ1) is 5.20. The van der Waals surface area contributed by atoms with Crippen LogP contribution in [0.4, 0.5) is 0 Å². The summed E-state index contributed by atoms with van der Waals surface area (Å²) in [7, 11) is 0. The van der Waals surface area contributed by atoms with E-state index in [0.717, 1.165) is 0 Å². The molecule has 60 valence electrons. The van der Waals surface area contributed by atoms with Gasteiger partial charge in [-0.3, -0.25) is 0 Å². The molecule has 1 aromatic rings. The van der Waals surface area contributed by atoms with Crippen LogP contribution in [0.2, 0.25) is 0 Å². The molecule has 1 rings (SSSR count). The molecule has 0 aliphatic carbocycles. The molecule has 0 radical (unpaired) electrons. The average Bonchev–Trinajstić information content (AvgIpc) is 2.39. The van der Waals surface area contributed by atoms with Gasteiger partial charge in [0.05, 0.1) is 0 Å². The Morgan fingerprint density at radius 3 is 3.00 bits per heavy atom. The summed E-state index contributed by atoms with van der Waals surface area (Å²) in [6.45, 7) is 1.59. The zero-order valence-corrected chi connectivity index (χ0v) is 6.93. The van der Waals surface area contributed by atoms with Gasteiger partial charge in [-0.2, -0.15) is 0 Å². The van der Waals surface area contributed by atoms with Gasteiger partial charge in [-0.05, 0) is 24.4 Å². The number of esters is 1. The van der Waals surface area contributed by atoms with Crippen LogP contribution in [-0.4, -0.2) is 12.0 Å². The van der Waals surface area contributed by atoms with Crippen molar-refractivity contribution in [1.82, 2.24) is 0 Å². The molecule has 3 nitrogen and oxygen atoms in total. The van der Waals surface area contributed by atoms with E-state index in [1.807, 2.05) is 11.4 Å². The fraction of sp³-hybridized carbons (Fsp3) is 0.286. The van der Waals surface area contributed by atoms with Crippen molar-refractivity contribution in [3.63, 3.8) is 0 Å². The predicted octanol–water partition coefficient (Wildman–Crippen LogP) is 1.00. The van der Waals surface area contributed by atoms with Crippen LogP contribution in [0.15, 0.2) is 17.5 Å². The number of ether oxygens (including phenoxy) is 1. The molecular formula is C7H9NO2S. The van der Waals surface area contributed by atoms with Crippen molar-refractivity contribution in [3.8, 4) is 5.06 Å². The lowest BCUT2D eigenvalue weighted by atomic mass is 10.4. The van der Waals surface area contributed by atoms with E-state index in [0.29, 0.717) is 5.06 Å². The molecule has 11 heavy (non-hydrogen) atoms. The van der Waals surface area contributed by atoms with Gasteiger partial charge in [-0.15, -0.1) is 11.3 Å². The summed E-state index contributed by atoms with van der Waals surface area (Å²) in [6.07, 6.45) is 0. The molecule has 0 bridgehead atoms. The number of hydrogen-bond acceptors (Lipinski definition) is 4. The third-order valence-corrected chi connectivity index (χ3v) is 1.81. The van der Waals surface area contributed by atoms with Crippen molar-refractivity contribution in [1.29, 1.82) is 0 Å². The molecule has 0 spiro atoms. The van der Waals surface area contributed by atoms with Crippen LogP contribution in [0.25, 0.3) is 0 Å². The molecule has 4 heteroatoms. The lowest BCUT2D eigenvalue weighted by molar-refractivity contribution is -0.135. The highest BCUT2D eigenvalue weighted by Gasteiger charge is 2.09. The normalized spacial score (nSPS) is 12.5. The van der Waals surface area contributed by atoms with E-state index >= 15 is 0 Å². The Kier molecular flexibility index (Phi) is 2.62. The Hall–Kier alpha value is -0.870. The summed E-state index contributed by atoms with van der Waals surface area (Å²) in [4.78, 5) is 10.9. The second kappa shape index (κ2) is 3.50. The number of nitrogens with two attached hydrogens (primary N) is 1. The molecule has 0 saturated heterocycles. The number of thiophene rings is 1. The molecule has 0 aliphatic rings. The van der Waals surface area contributed by atoms with Crippen LogP contribution in [0, 0.1) is 0 Å². The van der Waals surface area contributed by atoms with Crippen molar-refractivity contribution in [2.45, 2.75) is 13.0 Å². The predicted molar refractivity (Wildman–Crippen MR) is 43.6 cm³/mol. The fourth-order valence-corrected chi connectivity index (χ4v) is 1.09. The number of carbonyl (C=O) groups excluding carboxylic acids is 1. The van der Waals surface area contributed by atoms with Crippen molar-refractivity contribution >= 4 is 17.3 Å². The Balaban J connectivity index is 2.50. The summed E-state index contributed by atoms with van der Waals surface area (Å²) in [5.74, 6) is -0.396. The van der Waals surface area contributed by atoms with E-state index in [9.17, 15) is 4.79 Å². The maximum atomic E-state index is 10.9. The van der Waals surface area contributed by atoms with Crippen LogP contribution in [0.1, 0.15) is 6.92 Å². The van der Waals surface area contributed by atoms with Crippen molar-refractivity contribution in [2.75, 3.05) is 0 Å². The smallest absolute Gasteiger partial charge is 0.328 e. The minimum absolute atomic E-state index is 0.396. The van der Waals surface area contributed by atoms with Crippen LogP contribution in [0.3, 0.4) is 0 Å². The van der Waals surface area contributed by atoms with Crippen molar-refractivity contribution < 1.29 is 9.53 Å². The third kappa shape index (κ3) is 2.32. The highest BCUT2D eigenvalue weighted by molar-refractivity contribution is 7.11. The molecular weight excluding hydrogens is 162 g/mol. The van der Waals surface area contributed by atoms with Crippen molar-refractivity contribution in [3.05, 3.63) is 17.5 Å². The van der Waals surface area contributed by atoms with Gasteiger partial charge in [0.2, 0.25) is 0 Å². The minimum Gasteiger partial charge on any atom is -0.414 e. The lowest BCUT2D eigenvalue weighted by Gasteiger charge is -2.02. The first-order valence-electron chi connectivity index (χ1n) is 3.21. The molecule has 0 amide bonds. The standard InChI is InChI=1S/C7H9NO2S/c1-5(8)7(9)10-6-3-2-4-11-6/h2-5H,8H2,1H3. The summed E-state index contributed by atoms with van der Waals surface area (Å²) in [5, 5.41) is 2.43. The fourth-order valence-electron chi connectivity index (χ4n) is 0.514.